The van der Waals surface area contributed by atoms with Gasteiger partial charge < -0.3 is 4.74 Å². The smallest absolute Gasteiger partial charge is 0.418 e. The number of aromatic nitrogens is 1. The minimum Gasteiger partial charge on any atom is -0.449 e. The number of rotatable bonds is 2. The minimum absolute atomic E-state index is 0.0539. The number of hydrogen-bond acceptors (Lipinski definition) is 4. The van der Waals surface area contributed by atoms with E-state index in [2.05, 4.69) is 0 Å². The van der Waals surface area contributed by atoms with Gasteiger partial charge in [0.25, 0.3) is 5.69 Å². The summed E-state index contributed by atoms with van der Waals surface area (Å²) in [5, 5.41) is 11.4. The number of benzene rings is 1. The van der Waals surface area contributed by atoms with E-state index in [1.165, 1.54) is 22.9 Å². The van der Waals surface area contributed by atoms with Gasteiger partial charge in [0.15, 0.2) is 0 Å². The van der Waals surface area contributed by atoms with Gasteiger partial charge in [0.2, 0.25) is 0 Å². The Balaban J connectivity index is 2.54. The van der Waals surface area contributed by atoms with Gasteiger partial charge in [-0.05, 0) is 19.1 Å². The van der Waals surface area contributed by atoms with Crippen LogP contribution in [0.25, 0.3) is 10.9 Å². The van der Waals surface area contributed by atoms with E-state index >= 15 is 0 Å². The molecule has 2 rings (SSSR count). The van der Waals surface area contributed by atoms with Crippen LogP contribution in [-0.4, -0.2) is 22.2 Å². The fourth-order valence-electron chi connectivity index (χ4n) is 1.58. The molecule has 6 heteroatoms. The van der Waals surface area contributed by atoms with Crippen LogP contribution in [-0.2, 0) is 4.74 Å². The van der Waals surface area contributed by atoms with Crippen LogP contribution in [0.1, 0.15) is 6.92 Å². The van der Waals surface area contributed by atoms with Crippen LogP contribution in [0.2, 0.25) is 0 Å². The third-order valence-electron chi connectivity index (χ3n) is 2.35. The number of hydrogen-bond donors (Lipinski definition) is 0. The molecule has 17 heavy (non-hydrogen) atoms. The molecule has 0 aliphatic heterocycles. The standard InChI is InChI=1S/C11H10N2O4/c1-2-17-11(14)12-6-5-8-3-4-9(13(15)16)7-10(8)12/h3-7H,2H2,1H3. The molecule has 0 amide bonds. The van der Waals surface area contributed by atoms with E-state index in [0.29, 0.717) is 5.52 Å². The van der Waals surface area contributed by atoms with E-state index in [-0.39, 0.29) is 12.3 Å². The van der Waals surface area contributed by atoms with Crippen LogP contribution in [0.5, 0.6) is 0 Å². The maximum Gasteiger partial charge on any atom is 0.418 e. The zero-order valence-electron chi connectivity index (χ0n) is 9.12. The van der Waals surface area contributed by atoms with Crippen LogP contribution in [0.15, 0.2) is 30.5 Å². The SMILES string of the molecule is CCOC(=O)n1ccc2ccc([N+](=O)[O-])cc21. The maximum absolute atomic E-state index is 11.6. The highest BCUT2D eigenvalue weighted by Gasteiger charge is 2.13. The van der Waals surface area contributed by atoms with E-state index in [0.717, 1.165) is 5.39 Å². The molecule has 0 spiro atoms. The van der Waals surface area contributed by atoms with Gasteiger partial charge in [-0.1, -0.05) is 0 Å². The van der Waals surface area contributed by atoms with Crippen molar-refractivity contribution < 1.29 is 14.5 Å². The molecule has 0 aliphatic carbocycles. The Hall–Kier alpha value is -2.37. The highest BCUT2D eigenvalue weighted by molar-refractivity contribution is 5.90. The summed E-state index contributed by atoms with van der Waals surface area (Å²) in [6, 6.07) is 6.06. The van der Waals surface area contributed by atoms with Crippen LogP contribution in [0.3, 0.4) is 0 Å². The average molecular weight is 234 g/mol. The molecule has 2 aromatic rings. The summed E-state index contributed by atoms with van der Waals surface area (Å²) in [5.41, 5.74) is 0.416. The molecule has 0 saturated carbocycles. The van der Waals surface area contributed by atoms with Crippen molar-refractivity contribution in [2.45, 2.75) is 6.92 Å². The number of fused-ring (bicyclic) bond motifs is 1. The third kappa shape index (κ3) is 1.96. The van der Waals surface area contributed by atoms with Crippen molar-refractivity contribution in [3.63, 3.8) is 0 Å². The van der Waals surface area contributed by atoms with Crippen LogP contribution in [0.4, 0.5) is 10.5 Å². The highest BCUT2D eigenvalue weighted by atomic mass is 16.6. The van der Waals surface area contributed by atoms with Gasteiger partial charge in [-0.25, -0.2) is 4.79 Å². The predicted molar refractivity (Wildman–Crippen MR) is 61.0 cm³/mol. The molecule has 0 unspecified atom stereocenters. The van der Waals surface area contributed by atoms with E-state index in [4.69, 9.17) is 4.74 Å². The molecule has 0 fully saturated rings. The summed E-state index contributed by atoms with van der Waals surface area (Å²) in [4.78, 5) is 21.7. The largest absolute Gasteiger partial charge is 0.449 e. The maximum atomic E-state index is 11.6. The molecular weight excluding hydrogens is 224 g/mol. The van der Waals surface area contributed by atoms with Gasteiger partial charge >= 0.3 is 6.09 Å². The quantitative estimate of drug-likeness (QED) is 0.591. The third-order valence-corrected chi connectivity index (χ3v) is 2.35. The summed E-state index contributed by atoms with van der Waals surface area (Å²) >= 11 is 0. The fourth-order valence-corrected chi connectivity index (χ4v) is 1.58. The molecule has 1 aromatic heterocycles. The van der Waals surface area contributed by atoms with Crippen molar-refractivity contribution in [2.75, 3.05) is 6.61 Å². The summed E-state index contributed by atoms with van der Waals surface area (Å²) in [6.07, 6.45) is 0.995. The molecule has 0 saturated heterocycles. The molecule has 88 valence electrons. The van der Waals surface area contributed by atoms with Crippen LogP contribution < -0.4 is 0 Å². The van der Waals surface area contributed by atoms with E-state index in [1.54, 1.807) is 19.1 Å². The van der Waals surface area contributed by atoms with Gasteiger partial charge in [0.1, 0.15) is 0 Å². The van der Waals surface area contributed by atoms with Crippen molar-refractivity contribution in [3.8, 4) is 0 Å². The Morgan fingerprint density at radius 3 is 2.88 bits per heavy atom. The second-order valence-electron chi connectivity index (χ2n) is 3.38. The molecule has 6 nitrogen and oxygen atoms in total. The lowest BCUT2D eigenvalue weighted by molar-refractivity contribution is -0.384. The topological polar surface area (TPSA) is 74.4 Å². The Kier molecular flexibility index (Phi) is 2.78. The number of nitro groups is 1. The van der Waals surface area contributed by atoms with Gasteiger partial charge in [-0.2, -0.15) is 0 Å². The average Bonchev–Trinajstić information content (AvgIpc) is 2.71. The van der Waals surface area contributed by atoms with E-state index in [1.807, 2.05) is 0 Å². The number of non-ortho nitro benzene ring substituents is 1. The van der Waals surface area contributed by atoms with Crippen molar-refractivity contribution in [2.24, 2.45) is 0 Å². The number of carbonyl (C=O) groups excluding carboxylic acids is 1. The molecule has 1 heterocycles. The Morgan fingerprint density at radius 1 is 1.47 bits per heavy atom. The molecule has 0 radical (unpaired) electrons. The zero-order valence-corrected chi connectivity index (χ0v) is 9.12. The van der Waals surface area contributed by atoms with E-state index < -0.39 is 11.0 Å². The first-order valence-electron chi connectivity index (χ1n) is 5.06. The lowest BCUT2D eigenvalue weighted by Gasteiger charge is -2.03. The fraction of sp³-hybridized carbons (Fsp3) is 0.182. The van der Waals surface area contributed by atoms with Crippen molar-refractivity contribution in [3.05, 3.63) is 40.6 Å². The summed E-state index contributed by atoms with van der Waals surface area (Å²) < 4.78 is 6.10. The summed E-state index contributed by atoms with van der Waals surface area (Å²) in [5.74, 6) is 0. The normalized spacial score (nSPS) is 10.4. The number of carbonyl (C=O) groups is 1. The molecule has 0 aliphatic rings. The highest BCUT2D eigenvalue weighted by Crippen LogP contribution is 2.22. The van der Waals surface area contributed by atoms with Crippen LogP contribution >= 0.6 is 0 Å². The van der Waals surface area contributed by atoms with Gasteiger partial charge in [-0.15, -0.1) is 0 Å². The Labute approximate surface area is 96.6 Å². The van der Waals surface area contributed by atoms with Crippen molar-refractivity contribution >= 4 is 22.7 Å². The Morgan fingerprint density at radius 2 is 2.24 bits per heavy atom. The monoisotopic (exact) mass is 234 g/mol. The lowest BCUT2D eigenvalue weighted by atomic mass is 10.2. The molecule has 0 N–H and O–H groups in total. The van der Waals surface area contributed by atoms with Crippen LogP contribution in [0, 0.1) is 10.1 Å². The van der Waals surface area contributed by atoms with Crippen molar-refractivity contribution in [1.29, 1.82) is 0 Å². The lowest BCUT2D eigenvalue weighted by Crippen LogP contribution is -2.12. The molecular formula is C11H10N2O4. The van der Waals surface area contributed by atoms with E-state index in [9.17, 15) is 14.9 Å². The predicted octanol–water partition coefficient (Wildman–Crippen LogP) is 2.55. The van der Waals surface area contributed by atoms with Gasteiger partial charge in [0, 0.05) is 23.7 Å². The van der Waals surface area contributed by atoms with Gasteiger partial charge in [-0.3, -0.25) is 14.7 Å². The van der Waals surface area contributed by atoms with Crippen molar-refractivity contribution in [1.82, 2.24) is 4.57 Å². The first-order chi connectivity index (χ1) is 8.13. The first kappa shape index (κ1) is 11.1. The zero-order chi connectivity index (χ0) is 12.4. The van der Waals surface area contributed by atoms with Gasteiger partial charge in [0.05, 0.1) is 17.0 Å². The first-order valence-corrected chi connectivity index (χ1v) is 5.06. The molecule has 1 aromatic carbocycles. The Bertz CT molecular complexity index is 588. The minimum atomic E-state index is -0.539. The molecule has 0 atom stereocenters. The molecule has 0 bridgehead atoms. The second kappa shape index (κ2) is 4.25. The number of ether oxygens (including phenoxy) is 1. The number of nitrogens with zero attached hydrogens (tertiary/aromatic N) is 2. The summed E-state index contributed by atoms with van der Waals surface area (Å²) in [7, 11) is 0. The second-order valence-corrected chi connectivity index (χ2v) is 3.38. The number of nitro benzene ring substituents is 1. The summed E-state index contributed by atoms with van der Waals surface area (Å²) in [6.45, 7) is 1.96.